The van der Waals surface area contributed by atoms with Gasteiger partial charge in [0.2, 0.25) is 23.5 Å². The van der Waals surface area contributed by atoms with Crippen molar-refractivity contribution in [1.82, 2.24) is 15.0 Å². The number of hydrogen-bond acceptors (Lipinski definition) is 6. The summed E-state index contributed by atoms with van der Waals surface area (Å²) in [4.78, 5) is 30.7. The Labute approximate surface area is 151 Å². The molecule has 1 aromatic heterocycles. The molecule has 4 rings (SSSR count). The number of rotatable bonds is 5. The fraction of sp³-hybridized carbons (Fsp3) is 0.474. The molecule has 26 heavy (non-hydrogen) atoms. The lowest BCUT2D eigenvalue weighted by molar-refractivity contribution is -0.139. The predicted molar refractivity (Wildman–Crippen MR) is 92.2 cm³/mol. The Balaban J connectivity index is 1.41. The number of carbonyl (C=O) groups excluding carboxylic acids is 2. The molecule has 2 amide bonds. The number of ether oxygens (including phenoxy) is 1. The van der Waals surface area contributed by atoms with Crippen LogP contribution in [0.4, 0.5) is 0 Å². The Morgan fingerprint density at radius 1 is 1.12 bits per heavy atom. The average molecular weight is 355 g/mol. The molecule has 2 heterocycles. The normalized spacial score (nSPS) is 22.6. The van der Waals surface area contributed by atoms with Crippen LogP contribution in [0.3, 0.4) is 0 Å². The smallest absolute Gasteiger partial charge is 0.233 e. The van der Waals surface area contributed by atoms with Crippen molar-refractivity contribution in [2.75, 3.05) is 13.7 Å². The molecule has 2 aromatic rings. The van der Waals surface area contributed by atoms with Gasteiger partial charge in [-0.3, -0.25) is 14.5 Å². The van der Waals surface area contributed by atoms with Gasteiger partial charge < -0.3 is 9.26 Å². The molecule has 0 radical (unpaired) electrons. The highest BCUT2D eigenvalue weighted by Gasteiger charge is 2.47. The van der Waals surface area contributed by atoms with Gasteiger partial charge in [0.25, 0.3) is 0 Å². The zero-order chi connectivity index (χ0) is 18.1. The highest BCUT2D eigenvalue weighted by molar-refractivity contribution is 6.05. The fourth-order valence-corrected chi connectivity index (χ4v) is 3.87. The van der Waals surface area contributed by atoms with Crippen LogP contribution >= 0.6 is 0 Å². The van der Waals surface area contributed by atoms with Crippen molar-refractivity contribution in [2.45, 2.75) is 32.1 Å². The molecule has 7 heteroatoms. The highest BCUT2D eigenvalue weighted by Crippen LogP contribution is 2.38. The van der Waals surface area contributed by atoms with Crippen molar-refractivity contribution in [3.05, 3.63) is 30.2 Å². The van der Waals surface area contributed by atoms with E-state index in [2.05, 4.69) is 10.1 Å². The van der Waals surface area contributed by atoms with Crippen molar-refractivity contribution in [1.29, 1.82) is 0 Å². The van der Waals surface area contributed by atoms with Gasteiger partial charge in [-0.2, -0.15) is 4.98 Å². The summed E-state index contributed by atoms with van der Waals surface area (Å²) in [6, 6.07) is 7.36. The van der Waals surface area contributed by atoms with E-state index in [0.717, 1.165) is 37.0 Å². The van der Waals surface area contributed by atoms with Crippen molar-refractivity contribution in [2.24, 2.45) is 11.8 Å². The molecule has 2 fully saturated rings. The van der Waals surface area contributed by atoms with E-state index in [9.17, 15) is 9.59 Å². The number of hydrogen-bond donors (Lipinski definition) is 0. The standard InChI is InChI=1S/C19H21N3O4/c1-25-13-8-6-12(7-9-13)17-20-16(26-21-17)10-11-22-18(23)14-4-2-3-5-15(14)19(22)24/h6-9,14-15H,2-5,10-11H2,1H3. The molecule has 2 aliphatic rings. The van der Waals surface area contributed by atoms with Gasteiger partial charge in [0, 0.05) is 18.5 Å². The monoisotopic (exact) mass is 355 g/mol. The Hall–Kier alpha value is -2.70. The second kappa shape index (κ2) is 6.90. The van der Waals surface area contributed by atoms with Gasteiger partial charge in [0.1, 0.15) is 5.75 Å². The lowest BCUT2D eigenvalue weighted by atomic mass is 9.81. The molecule has 1 aromatic carbocycles. The van der Waals surface area contributed by atoms with Gasteiger partial charge in [-0.15, -0.1) is 0 Å². The Morgan fingerprint density at radius 3 is 2.38 bits per heavy atom. The Morgan fingerprint density at radius 2 is 1.77 bits per heavy atom. The van der Waals surface area contributed by atoms with Gasteiger partial charge >= 0.3 is 0 Å². The summed E-state index contributed by atoms with van der Waals surface area (Å²) in [5, 5.41) is 3.98. The largest absolute Gasteiger partial charge is 0.497 e. The van der Waals surface area contributed by atoms with Gasteiger partial charge in [-0.1, -0.05) is 18.0 Å². The van der Waals surface area contributed by atoms with Crippen molar-refractivity contribution in [3.8, 4) is 17.1 Å². The van der Waals surface area contributed by atoms with Gasteiger partial charge in [0.15, 0.2) is 0 Å². The maximum Gasteiger partial charge on any atom is 0.233 e. The van der Waals surface area contributed by atoms with E-state index < -0.39 is 0 Å². The molecular weight excluding hydrogens is 334 g/mol. The first-order valence-electron chi connectivity index (χ1n) is 8.99. The minimum atomic E-state index is -0.117. The summed E-state index contributed by atoms with van der Waals surface area (Å²) in [5.41, 5.74) is 0.820. The van der Waals surface area contributed by atoms with Gasteiger partial charge in [-0.25, -0.2) is 0 Å². The first kappa shape index (κ1) is 16.8. The average Bonchev–Trinajstić information content (AvgIpc) is 3.25. The minimum absolute atomic E-state index is 0.0328. The SMILES string of the molecule is COc1ccc(-c2noc(CCN3C(=O)C4CCCCC4C3=O)n2)cc1. The van der Waals surface area contributed by atoms with Crippen LogP contribution in [0.25, 0.3) is 11.4 Å². The van der Waals surface area contributed by atoms with E-state index in [1.165, 1.54) is 4.90 Å². The number of nitrogens with zero attached hydrogens (tertiary/aromatic N) is 3. The second-order valence-corrected chi connectivity index (χ2v) is 6.82. The van der Waals surface area contributed by atoms with Crippen molar-refractivity contribution >= 4 is 11.8 Å². The number of benzene rings is 1. The third-order valence-electron chi connectivity index (χ3n) is 5.30. The molecule has 0 spiro atoms. The molecule has 1 saturated carbocycles. The van der Waals surface area contributed by atoms with Crippen LogP contribution in [-0.2, 0) is 16.0 Å². The number of carbonyl (C=O) groups is 2. The first-order valence-corrected chi connectivity index (χ1v) is 8.99. The van der Waals surface area contributed by atoms with E-state index in [0.29, 0.717) is 24.7 Å². The van der Waals surface area contributed by atoms with E-state index >= 15 is 0 Å². The quantitative estimate of drug-likeness (QED) is 0.766. The molecule has 1 saturated heterocycles. The van der Waals surface area contributed by atoms with E-state index in [-0.39, 0.29) is 23.7 Å². The molecule has 2 atom stereocenters. The number of methoxy groups -OCH3 is 1. The maximum absolute atomic E-state index is 12.5. The van der Waals surface area contributed by atoms with Gasteiger partial charge in [-0.05, 0) is 37.1 Å². The molecule has 7 nitrogen and oxygen atoms in total. The molecule has 0 bridgehead atoms. The molecule has 1 aliphatic heterocycles. The highest BCUT2D eigenvalue weighted by atomic mass is 16.5. The van der Waals surface area contributed by atoms with Gasteiger partial charge in [0.05, 0.1) is 18.9 Å². The third-order valence-corrected chi connectivity index (χ3v) is 5.30. The Kier molecular flexibility index (Phi) is 4.44. The summed E-state index contributed by atoms with van der Waals surface area (Å²) in [5.74, 6) is 1.36. The molecule has 1 aliphatic carbocycles. The zero-order valence-electron chi connectivity index (χ0n) is 14.7. The van der Waals surface area contributed by atoms with Crippen molar-refractivity contribution in [3.63, 3.8) is 0 Å². The lowest BCUT2D eigenvalue weighted by Crippen LogP contribution is -2.33. The van der Waals surface area contributed by atoms with Crippen LogP contribution in [0.15, 0.2) is 28.8 Å². The Bertz CT molecular complexity index is 790. The summed E-state index contributed by atoms with van der Waals surface area (Å²) in [6.45, 7) is 0.301. The number of imide groups is 1. The molecule has 0 N–H and O–H groups in total. The summed E-state index contributed by atoms with van der Waals surface area (Å²) in [6.07, 6.45) is 4.09. The van der Waals surface area contributed by atoms with Crippen LogP contribution in [0.2, 0.25) is 0 Å². The topological polar surface area (TPSA) is 85.5 Å². The molecule has 136 valence electrons. The minimum Gasteiger partial charge on any atom is -0.497 e. The number of aromatic nitrogens is 2. The van der Waals surface area contributed by atoms with E-state index in [4.69, 9.17) is 9.26 Å². The van der Waals surface area contributed by atoms with Crippen LogP contribution in [0, 0.1) is 11.8 Å². The summed E-state index contributed by atoms with van der Waals surface area (Å²) >= 11 is 0. The predicted octanol–water partition coefficient (Wildman–Crippen LogP) is 2.46. The summed E-state index contributed by atoms with van der Waals surface area (Å²) in [7, 11) is 1.61. The number of likely N-dealkylation sites (tertiary alicyclic amines) is 1. The molecule has 2 unspecified atom stereocenters. The summed E-state index contributed by atoms with van der Waals surface area (Å²) < 4.78 is 10.4. The van der Waals surface area contributed by atoms with Crippen LogP contribution < -0.4 is 4.74 Å². The fourth-order valence-electron chi connectivity index (χ4n) is 3.87. The van der Waals surface area contributed by atoms with Crippen LogP contribution in [-0.4, -0.2) is 40.5 Å². The number of fused-ring (bicyclic) bond motifs is 1. The lowest BCUT2D eigenvalue weighted by Gasteiger charge is -2.19. The maximum atomic E-state index is 12.5. The first-order chi connectivity index (χ1) is 12.7. The van der Waals surface area contributed by atoms with Crippen LogP contribution in [0.1, 0.15) is 31.6 Å². The van der Waals surface area contributed by atoms with Crippen LogP contribution in [0.5, 0.6) is 5.75 Å². The van der Waals surface area contributed by atoms with E-state index in [1.807, 2.05) is 24.3 Å². The third kappa shape index (κ3) is 2.98. The van der Waals surface area contributed by atoms with E-state index in [1.54, 1.807) is 7.11 Å². The second-order valence-electron chi connectivity index (χ2n) is 6.82. The zero-order valence-corrected chi connectivity index (χ0v) is 14.7. The van der Waals surface area contributed by atoms with Crippen molar-refractivity contribution < 1.29 is 18.8 Å². The molecular formula is C19H21N3O4. The number of amides is 2.